The van der Waals surface area contributed by atoms with E-state index in [1.165, 1.54) is 6.04 Å². The minimum Gasteiger partial charge on any atom is -0.211 e. The van der Waals surface area contributed by atoms with Gasteiger partial charge in [-0.2, -0.15) is 0 Å². The molecule has 0 aliphatic rings. The maximum absolute atomic E-state index is 9.95. The minimum atomic E-state index is -0.158. The number of hydrogen-bond acceptors (Lipinski definition) is 3. The Bertz CT molecular complexity index is 136. The molecule has 0 aromatic heterocycles. The van der Waals surface area contributed by atoms with Crippen LogP contribution in [-0.4, -0.2) is 20.8 Å². The molecule has 64 valence electrons. The number of carbonyl (C=O) groups excluding carboxylic acids is 1. The molecular formula is C7H15NOSSi. The van der Waals surface area contributed by atoms with Crippen molar-refractivity contribution in [1.29, 1.82) is 0 Å². The largest absolute Gasteiger partial charge is 0.235 e. The molecule has 0 rings (SSSR count). The van der Waals surface area contributed by atoms with Crippen LogP contribution in [0.5, 0.6) is 0 Å². The highest BCUT2D eigenvalue weighted by molar-refractivity contribution is 8.06. The third kappa shape index (κ3) is 6.35. The second kappa shape index (κ2) is 8.05. The molecule has 0 radical (unpaired) electrons. The van der Waals surface area contributed by atoms with Crippen molar-refractivity contribution in [2.45, 2.75) is 38.3 Å². The lowest BCUT2D eigenvalue weighted by Crippen LogP contribution is -2.03. The summed E-state index contributed by atoms with van der Waals surface area (Å²) in [5.41, 5.74) is 0. The van der Waals surface area contributed by atoms with E-state index in [9.17, 15) is 4.79 Å². The molecule has 0 saturated heterocycles. The van der Waals surface area contributed by atoms with E-state index in [1.807, 2.05) is 0 Å². The zero-order valence-corrected chi connectivity index (χ0v) is 9.22. The van der Waals surface area contributed by atoms with E-state index in [2.05, 4.69) is 24.0 Å². The molecular weight excluding hydrogens is 174 g/mol. The van der Waals surface area contributed by atoms with Crippen LogP contribution in [0.15, 0.2) is 4.99 Å². The average molecular weight is 189 g/mol. The first-order valence-electron chi connectivity index (χ1n) is 4.03. The number of nitrogens with zero attached hydrogens (tertiary/aromatic N) is 1. The molecule has 1 atom stereocenters. The number of isocyanates is 1. The monoisotopic (exact) mass is 189 g/mol. The Morgan fingerprint density at radius 1 is 1.64 bits per heavy atom. The first-order valence-corrected chi connectivity index (χ1v) is 7.56. The highest BCUT2D eigenvalue weighted by Crippen LogP contribution is 2.08. The molecule has 11 heavy (non-hydrogen) atoms. The lowest BCUT2D eigenvalue weighted by Gasteiger charge is -2.06. The third-order valence-electron chi connectivity index (χ3n) is 1.55. The fourth-order valence-electron chi connectivity index (χ4n) is 1.01. The summed E-state index contributed by atoms with van der Waals surface area (Å²) in [7, 11) is -0.158. The van der Waals surface area contributed by atoms with E-state index < -0.39 is 0 Å². The van der Waals surface area contributed by atoms with Gasteiger partial charge in [-0.15, -0.1) is 0 Å². The minimum absolute atomic E-state index is 0.158. The second-order valence-electron chi connectivity index (χ2n) is 2.53. The summed E-state index contributed by atoms with van der Waals surface area (Å²) < 4.78 is 0. The lowest BCUT2D eigenvalue weighted by atomic mass is 10.1. The van der Waals surface area contributed by atoms with Crippen molar-refractivity contribution < 1.29 is 4.79 Å². The van der Waals surface area contributed by atoms with Crippen LogP contribution in [0.2, 0.25) is 6.04 Å². The molecule has 4 heteroatoms. The molecule has 2 nitrogen and oxygen atoms in total. The zero-order chi connectivity index (χ0) is 8.53. The SMILES string of the molecule is CCCC(CC[SiH2]S)N=C=O. The maximum atomic E-state index is 9.95. The second-order valence-corrected chi connectivity index (χ2v) is 5.02. The number of aliphatic imine (C=N–C) groups is 1. The van der Waals surface area contributed by atoms with Crippen molar-refractivity contribution in [3.63, 3.8) is 0 Å². The van der Waals surface area contributed by atoms with Crippen LogP contribution in [0.1, 0.15) is 26.2 Å². The Morgan fingerprint density at radius 3 is 2.82 bits per heavy atom. The predicted molar refractivity (Wildman–Crippen MR) is 53.8 cm³/mol. The molecule has 0 bridgehead atoms. The van der Waals surface area contributed by atoms with Crippen molar-refractivity contribution in [2.75, 3.05) is 0 Å². The van der Waals surface area contributed by atoms with Gasteiger partial charge in [0, 0.05) is 0 Å². The van der Waals surface area contributed by atoms with Crippen LogP contribution in [0.4, 0.5) is 0 Å². The smallest absolute Gasteiger partial charge is 0.211 e. The van der Waals surface area contributed by atoms with E-state index >= 15 is 0 Å². The highest BCUT2D eigenvalue weighted by atomic mass is 32.3. The Hall–Kier alpha value is -0.0531. The van der Waals surface area contributed by atoms with Gasteiger partial charge in [0.05, 0.1) is 14.7 Å². The number of thiol groups is 1. The van der Waals surface area contributed by atoms with Crippen molar-refractivity contribution in [3.05, 3.63) is 0 Å². The van der Waals surface area contributed by atoms with Gasteiger partial charge < -0.3 is 0 Å². The first kappa shape index (κ1) is 10.9. The van der Waals surface area contributed by atoms with Gasteiger partial charge >= 0.3 is 0 Å². The van der Waals surface area contributed by atoms with Crippen LogP contribution in [0.3, 0.4) is 0 Å². The van der Waals surface area contributed by atoms with Crippen molar-refractivity contribution in [3.8, 4) is 0 Å². The van der Waals surface area contributed by atoms with Crippen LogP contribution in [-0.2, 0) is 4.79 Å². The molecule has 0 N–H and O–H groups in total. The zero-order valence-electron chi connectivity index (χ0n) is 6.92. The predicted octanol–water partition coefficient (Wildman–Crippen LogP) is 1.31. The molecule has 0 aliphatic carbocycles. The average Bonchev–Trinajstić information content (AvgIpc) is 2.01. The van der Waals surface area contributed by atoms with E-state index in [0.29, 0.717) is 0 Å². The Balaban J connectivity index is 3.59. The van der Waals surface area contributed by atoms with Gasteiger partial charge in [-0.3, -0.25) is 0 Å². The molecule has 0 spiro atoms. The number of hydrogen-bond donors (Lipinski definition) is 1. The molecule has 0 amide bonds. The van der Waals surface area contributed by atoms with Crippen molar-refractivity contribution in [2.24, 2.45) is 4.99 Å². The fraction of sp³-hybridized carbons (Fsp3) is 0.857. The normalized spacial score (nSPS) is 13.3. The molecule has 0 fully saturated rings. The number of rotatable bonds is 6. The van der Waals surface area contributed by atoms with Gasteiger partial charge in [0.25, 0.3) is 0 Å². The summed E-state index contributed by atoms with van der Waals surface area (Å²) in [5, 5.41) is 0. The molecule has 0 heterocycles. The topological polar surface area (TPSA) is 29.4 Å². The Kier molecular flexibility index (Phi) is 8.01. The van der Waals surface area contributed by atoms with Gasteiger partial charge in [0.15, 0.2) is 0 Å². The van der Waals surface area contributed by atoms with Crippen LogP contribution in [0, 0.1) is 0 Å². The summed E-state index contributed by atoms with van der Waals surface area (Å²) >= 11 is 4.23. The lowest BCUT2D eigenvalue weighted by molar-refractivity contribution is 0.542. The molecule has 0 aromatic rings. The molecule has 0 aliphatic heterocycles. The maximum Gasteiger partial charge on any atom is 0.235 e. The molecule has 0 aromatic carbocycles. The summed E-state index contributed by atoms with van der Waals surface area (Å²) in [6.07, 6.45) is 4.75. The first-order chi connectivity index (χ1) is 5.35. The van der Waals surface area contributed by atoms with Gasteiger partial charge in [0.2, 0.25) is 6.08 Å². The van der Waals surface area contributed by atoms with Crippen LogP contribution in [0.25, 0.3) is 0 Å². The molecule has 1 unspecified atom stereocenters. The van der Waals surface area contributed by atoms with Gasteiger partial charge in [-0.1, -0.05) is 19.4 Å². The summed E-state index contributed by atoms with van der Waals surface area (Å²) in [6.45, 7) is 2.10. The summed E-state index contributed by atoms with van der Waals surface area (Å²) in [6, 6.07) is 1.39. The van der Waals surface area contributed by atoms with Crippen molar-refractivity contribution >= 4 is 26.8 Å². The highest BCUT2D eigenvalue weighted by Gasteiger charge is 2.03. The van der Waals surface area contributed by atoms with Crippen LogP contribution >= 0.6 is 12.1 Å². The van der Waals surface area contributed by atoms with Gasteiger partial charge in [-0.05, 0) is 12.8 Å². The standard InChI is InChI=1S/C7H15NOSSi/c1-2-3-7(8-6-9)4-5-11-10/h7,10H,2-5,11H2,1H3. The quantitative estimate of drug-likeness (QED) is 0.290. The summed E-state index contributed by atoms with van der Waals surface area (Å²) in [4.78, 5) is 13.7. The van der Waals surface area contributed by atoms with Crippen molar-refractivity contribution in [1.82, 2.24) is 0 Å². The fourth-order valence-corrected chi connectivity index (χ4v) is 2.21. The van der Waals surface area contributed by atoms with Gasteiger partial charge in [0.1, 0.15) is 0 Å². The Morgan fingerprint density at radius 2 is 2.36 bits per heavy atom. The van der Waals surface area contributed by atoms with Gasteiger partial charge in [-0.25, -0.2) is 21.9 Å². The van der Waals surface area contributed by atoms with E-state index in [-0.39, 0.29) is 14.7 Å². The third-order valence-corrected chi connectivity index (χ3v) is 3.23. The van der Waals surface area contributed by atoms with E-state index in [4.69, 9.17) is 0 Å². The molecule has 0 saturated carbocycles. The summed E-state index contributed by atoms with van der Waals surface area (Å²) in [5.74, 6) is 0. The van der Waals surface area contributed by atoms with E-state index in [1.54, 1.807) is 6.08 Å². The van der Waals surface area contributed by atoms with E-state index in [0.717, 1.165) is 19.3 Å². The van der Waals surface area contributed by atoms with Crippen LogP contribution < -0.4 is 0 Å². The Labute approximate surface area is 75.4 Å².